The number of methoxy groups -OCH3 is 2. The molecule has 0 spiro atoms. The first kappa shape index (κ1) is 22.2. The maximum absolute atomic E-state index is 12.5. The molecule has 2 N–H and O–H groups in total. The number of allylic oxidation sites excluding steroid dienone is 1. The Morgan fingerprint density at radius 1 is 1.06 bits per heavy atom. The highest BCUT2D eigenvalue weighted by atomic mass is 32.2. The molecule has 1 heterocycles. The van der Waals surface area contributed by atoms with Crippen LogP contribution in [0.15, 0.2) is 60.0 Å². The topological polar surface area (TPSA) is 90.3 Å². The number of carbonyl (C=O) groups is 1. The number of nitrogens with zero attached hydrogens (tertiary/aromatic N) is 3. The van der Waals surface area contributed by atoms with E-state index in [1.807, 2.05) is 54.9 Å². The number of hydrazine groups is 1. The van der Waals surface area contributed by atoms with Crippen LogP contribution in [0.3, 0.4) is 0 Å². The third-order valence-electron chi connectivity index (χ3n) is 4.55. The minimum absolute atomic E-state index is 0.229. The number of carbonyl (C=O) groups excluding carboxylic acids is 1. The Morgan fingerprint density at radius 3 is 2.39 bits per heavy atom. The number of rotatable bonds is 9. The van der Waals surface area contributed by atoms with Gasteiger partial charge in [-0.25, -0.2) is 0 Å². The maximum atomic E-state index is 12.5. The number of hydrogen-bond donors (Lipinski definition) is 2. The maximum Gasteiger partial charge on any atom is 0.269 e. The van der Waals surface area contributed by atoms with Crippen molar-refractivity contribution in [3.05, 3.63) is 71.6 Å². The summed E-state index contributed by atoms with van der Waals surface area (Å²) in [5, 5.41) is 8.77. The van der Waals surface area contributed by atoms with Gasteiger partial charge in [0.2, 0.25) is 0 Å². The van der Waals surface area contributed by atoms with Gasteiger partial charge in [-0.05, 0) is 42.8 Å². The molecule has 1 aromatic heterocycles. The zero-order valence-electron chi connectivity index (χ0n) is 17.9. The van der Waals surface area contributed by atoms with Gasteiger partial charge in [0, 0.05) is 23.9 Å². The van der Waals surface area contributed by atoms with Gasteiger partial charge in [-0.1, -0.05) is 30.0 Å². The third-order valence-corrected chi connectivity index (χ3v) is 5.65. The van der Waals surface area contributed by atoms with Crippen molar-refractivity contribution < 1.29 is 14.3 Å². The van der Waals surface area contributed by atoms with Gasteiger partial charge in [0.1, 0.15) is 6.33 Å². The smallest absolute Gasteiger partial charge is 0.269 e. The van der Waals surface area contributed by atoms with E-state index in [2.05, 4.69) is 21.0 Å². The number of thioether (sulfide) groups is 1. The first-order valence-corrected chi connectivity index (χ1v) is 10.5. The number of aryl methyl sites for hydroxylation is 1. The van der Waals surface area contributed by atoms with Gasteiger partial charge in [-0.3, -0.25) is 15.6 Å². The van der Waals surface area contributed by atoms with E-state index in [9.17, 15) is 4.79 Å². The average Bonchev–Trinajstić information content (AvgIpc) is 3.22. The van der Waals surface area contributed by atoms with Crippen molar-refractivity contribution in [1.29, 1.82) is 0 Å². The first-order valence-electron chi connectivity index (χ1n) is 9.56. The predicted octanol–water partition coefficient (Wildman–Crippen LogP) is 3.42. The molecule has 0 atom stereocenters. The molecule has 3 aromatic rings. The molecule has 0 saturated carbocycles. The molecule has 0 saturated heterocycles. The van der Waals surface area contributed by atoms with Gasteiger partial charge in [0.05, 0.1) is 19.9 Å². The zero-order chi connectivity index (χ0) is 22.2. The van der Waals surface area contributed by atoms with Crippen molar-refractivity contribution in [3.63, 3.8) is 0 Å². The Hall–Kier alpha value is -3.46. The highest BCUT2D eigenvalue weighted by Gasteiger charge is 2.10. The molecular weight excluding hydrogens is 414 g/mol. The lowest BCUT2D eigenvalue weighted by atomic mass is 10.1. The minimum atomic E-state index is -0.229. The Morgan fingerprint density at radius 2 is 1.77 bits per heavy atom. The largest absolute Gasteiger partial charge is 0.493 e. The quantitative estimate of drug-likeness (QED) is 0.390. The van der Waals surface area contributed by atoms with Crippen LogP contribution in [-0.2, 0) is 12.8 Å². The highest BCUT2D eigenvalue weighted by Crippen LogP contribution is 2.29. The first-order chi connectivity index (χ1) is 15.0. The van der Waals surface area contributed by atoms with Gasteiger partial charge in [-0.2, -0.15) is 0 Å². The summed E-state index contributed by atoms with van der Waals surface area (Å²) in [5.74, 6) is 1.77. The Balaban J connectivity index is 1.58. The van der Waals surface area contributed by atoms with Crippen molar-refractivity contribution in [3.8, 4) is 11.5 Å². The van der Waals surface area contributed by atoms with Crippen LogP contribution in [0.25, 0.3) is 5.70 Å². The van der Waals surface area contributed by atoms with Crippen LogP contribution in [0.4, 0.5) is 0 Å². The van der Waals surface area contributed by atoms with E-state index in [0.717, 1.165) is 27.7 Å². The summed E-state index contributed by atoms with van der Waals surface area (Å²) in [6.45, 7) is 1.88. The normalized spacial score (nSPS) is 11.2. The molecule has 0 bridgehead atoms. The van der Waals surface area contributed by atoms with E-state index in [4.69, 9.17) is 9.47 Å². The molecule has 0 unspecified atom stereocenters. The second-order valence-corrected chi connectivity index (χ2v) is 7.50. The SMILES string of the molecule is C/C=C(/NNC(=O)c1ccc(CSc2nncn2C)cc1)c1ccc(OC)c(OC)c1. The molecule has 0 aliphatic heterocycles. The molecule has 0 aliphatic carbocycles. The molecule has 31 heavy (non-hydrogen) atoms. The van der Waals surface area contributed by atoms with Crippen molar-refractivity contribution in [1.82, 2.24) is 25.6 Å². The summed E-state index contributed by atoms with van der Waals surface area (Å²) in [5.41, 5.74) is 8.97. The monoisotopic (exact) mass is 439 g/mol. The average molecular weight is 440 g/mol. The number of nitrogens with one attached hydrogen (secondary N) is 2. The van der Waals surface area contributed by atoms with Gasteiger partial charge in [0.15, 0.2) is 16.7 Å². The van der Waals surface area contributed by atoms with Gasteiger partial charge < -0.3 is 14.0 Å². The summed E-state index contributed by atoms with van der Waals surface area (Å²) in [7, 11) is 5.08. The molecule has 8 nitrogen and oxygen atoms in total. The van der Waals surface area contributed by atoms with Crippen LogP contribution in [0, 0.1) is 0 Å². The molecule has 3 rings (SSSR count). The minimum Gasteiger partial charge on any atom is -0.493 e. The summed E-state index contributed by atoms with van der Waals surface area (Å²) in [6, 6.07) is 13.0. The van der Waals surface area contributed by atoms with Gasteiger partial charge >= 0.3 is 0 Å². The summed E-state index contributed by atoms with van der Waals surface area (Å²) in [6.07, 6.45) is 3.54. The number of amides is 1. The molecule has 0 fully saturated rings. The Kier molecular flexibility index (Phi) is 7.55. The number of ether oxygens (including phenoxy) is 2. The van der Waals surface area contributed by atoms with Crippen LogP contribution in [-0.4, -0.2) is 34.9 Å². The fourth-order valence-electron chi connectivity index (χ4n) is 2.81. The van der Waals surface area contributed by atoms with E-state index in [1.165, 1.54) is 0 Å². The number of benzene rings is 2. The lowest BCUT2D eigenvalue weighted by molar-refractivity contribution is 0.0942. The van der Waals surface area contributed by atoms with E-state index >= 15 is 0 Å². The van der Waals surface area contributed by atoms with E-state index in [0.29, 0.717) is 17.1 Å². The molecule has 9 heteroatoms. The molecule has 0 aliphatic rings. The molecule has 2 aromatic carbocycles. The molecular formula is C22H25N5O3S. The number of hydrogen-bond acceptors (Lipinski definition) is 7. The van der Waals surface area contributed by atoms with Crippen molar-refractivity contribution in [2.75, 3.05) is 14.2 Å². The third kappa shape index (κ3) is 5.58. The van der Waals surface area contributed by atoms with Crippen molar-refractivity contribution in [2.45, 2.75) is 17.8 Å². The highest BCUT2D eigenvalue weighted by molar-refractivity contribution is 7.98. The van der Waals surface area contributed by atoms with Crippen LogP contribution in [0.1, 0.15) is 28.4 Å². The van der Waals surface area contributed by atoms with Crippen molar-refractivity contribution in [2.24, 2.45) is 7.05 Å². The summed E-state index contributed by atoms with van der Waals surface area (Å²) in [4.78, 5) is 12.5. The van der Waals surface area contributed by atoms with Crippen LogP contribution < -0.4 is 20.3 Å². The standard InChI is InChI=1S/C22H25N5O3S/c1-5-18(17-10-11-19(29-3)20(12-17)30-4)24-25-21(28)16-8-6-15(7-9-16)13-31-22-26-23-14-27(22)2/h5-12,14,24H,13H2,1-4H3,(H,25,28)/b18-5+. The fourth-order valence-corrected chi connectivity index (χ4v) is 3.66. The van der Waals surface area contributed by atoms with Crippen molar-refractivity contribution >= 4 is 23.4 Å². The fraction of sp³-hybridized carbons (Fsp3) is 0.227. The Bertz CT molecular complexity index is 1060. The van der Waals surface area contributed by atoms with Crippen LogP contribution in [0.5, 0.6) is 11.5 Å². The van der Waals surface area contributed by atoms with E-state index < -0.39 is 0 Å². The van der Waals surface area contributed by atoms with Crippen LogP contribution in [0.2, 0.25) is 0 Å². The van der Waals surface area contributed by atoms with E-state index in [-0.39, 0.29) is 5.91 Å². The van der Waals surface area contributed by atoms with Gasteiger partial charge in [-0.15, -0.1) is 10.2 Å². The molecule has 1 amide bonds. The molecule has 162 valence electrons. The van der Waals surface area contributed by atoms with Crippen LogP contribution >= 0.6 is 11.8 Å². The lowest BCUT2D eigenvalue weighted by Crippen LogP contribution is -2.36. The number of aromatic nitrogens is 3. The summed E-state index contributed by atoms with van der Waals surface area (Å²) < 4.78 is 12.5. The lowest BCUT2D eigenvalue weighted by Gasteiger charge is -2.15. The second-order valence-electron chi connectivity index (χ2n) is 6.56. The predicted molar refractivity (Wildman–Crippen MR) is 121 cm³/mol. The zero-order valence-corrected chi connectivity index (χ0v) is 18.7. The van der Waals surface area contributed by atoms with Gasteiger partial charge in [0.25, 0.3) is 5.91 Å². The van der Waals surface area contributed by atoms with E-state index in [1.54, 1.807) is 44.4 Å². The Labute approximate surface area is 185 Å². The second kappa shape index (κ2) is 10.5. The molecule has 0 radical (unpaired) electrons. The summed E-state index contributed by atoms with van der Waals surface area (Å²) >= 11 is 1.59.